The highest BCUT2D eigenvalue weighted by atomic mass is 16.5. The molecule has 0 fully saturated rings. The Morgan fingerprint density at radius 1 is 1.59 bits per heavy atom. The number of nitrogens with zero attached hydrogens (tertiary/aromatic N) is 1. The van der Waals surface area contributed by atoms with Crippen LogP contribution < -0.4 is 5.32 Å². The van der Waals surface area contributed by atoms with Gasteiger partial charge in [-0.3, -0.25) is 0 Å². The predicted octanol–water partition coefficient (Wildman–Crippen LogP) is 2.01. The Morgan fingerprint density at radius 2 is 2.35 bits per heavy atom. The number of aromatic carboxylic acids is 1. The Balaban J connectivity index is 2.56. The van der Waals surface area contributed by atoms with Gasteiger partial charge in [-0.25, -0.2) is 9.78 Å². The minimum atomic E-state index is -1.02. The minimum Gasteiger partial charge on any atom is -0.477 e. The third kappa shape index (κ3) is 4.40. The first kappa shape index (κ1) is 13.4. The fourth-order valence-electron chi connectivity index (χ4n) is 1.50. The van der Waals surface area contributed by atoms with Crippen LogP contribution in [0.1, 0.15) is 30.3 Å². The number of hydrogen-bond acceptors (Lipinski definition) is 4. The van der Waals surface area contributed by atoms with Crippen molar-refractivity contribution < 1.29 is 14.6 Å². The van der Waals surface area contributed by atoms with Gasteiger partial charge in [0.2, 0.25) is 0 Å². The molecule has 0 spiro atoms. The molecule has 0 saturated carbocycles. The Hall–Kier alpha value is -1.62. The largest absolute Gasteiger partial charge is 0.477 e. The maximum atomic E-state index is 10.7. The van der Waals surface area contributed by atoms with Crippen LogP contribution in [0.2, 0.25) is 0 Å². The van der Waals surface area contributed by atoms with Crippen LogP contribution in [-0.2, 0) is 4.74 Å². The molecule has 1 aromatic rings. The molecule has 0 bridgehead atoms. The first-order valence-corrected chi connectivity index (χ1v) is 5.64. The van der Waals surface area contributed by atoms with Crippen LogP contribution in [0.3, 0.4) is 0 Å². The molecule has 0 aliphatic heterocycles. The molecule has 0 saturated heterocycles. The summed E-state index contributed by atoms with van der Waals surface area (Å²) in [6.45, 7) is 2.72. The maximum Gasteiger partial charge on any atom is 0.354 e. The lowest BCUT2D eigenvalue weighted by Crippen LogP contribution is -2.22. The molecule has 0 aromatic carbocycles. The molecule has 1 atom stereocenters. The Labute approximate surface area is 101 Å². The summed E-state index contributed by atoms with van der Waals surface area (Å²) in [5, 5.41) is 11.9. The van der Waals surface area contributed by atoms with Gasteiger partial charge in [0.1, 0.15) is 5.82 Å². The molecule has 1 unspecified atom stereocenters. The molecule has 0 radical (unpaired) electrons. The van der Waals surface area contributed by atoms with Crippen molar-refractivity contribution in [3.8, 4) is 0 Å². The molecule has 5 heteroatoms. The number of methoxy groups -OCH3 is 1. The fraction of sp³-hybridized carbons (Fsp3) is 0.500. The van der Waals surface area contributed by atoms with E-state index in [2.05, 4.69) is 17.2 Å². The molecule has 17 heavy (non-hydrogen) atoms. The van der Waals surface area contributed by atoms with Gasteiger partial charge >= 0.3 is 5.97 Å². The second-order valence-electron chi connectivity index (χ2n) is 3.74. The highest BCUT2D eigenvalue weighted by molar-refractivity contribution is 5.85. The van der Waals surface area contributed by atoms with Crippen LogP contribution in [-0.4, -0.2) is 35.8 Å². The Kier molecular flexibility index (Phi) is 5.42. The molecule has 2 N–H and O–H groups in total. The lowest BCUT2D eigenvalue weighted by Gasteiger charge is -2.15. The normalized spacial score (nSPS) is 12.1. The van der Waals surface area contributed by atoms with E-state index in [1.54, 1.807) is 19.2 Å². The predicted molar refractivity (Wildman–Crippen MR) is 65.4 cm³/mol. The lowest BCUT2D eigenvalue weighted by atomic mass is 10.2. The third-order valence-electron chi connectivity index (χ3n) is 2.42. The van der Waals surface area contributed by atoms with Gasteiger partial charge in [0.25, 0.3) is 0 Å². The van der Waals surface area contributed by atoms with Crippen LogP contribution in [0, 0.1) is 0 Å². The van der Waals surface area contributed by atoms with Crippen molar-refractivity contribution in [2.75, 3.05) is 19.0 Å². The van der Waals surface area contributed by atoms with Crippen molar-refractivity contribution in [1.82, 2.24) is 4.98 Å². The van der Waals surface area contributed by atoms with Crippen LogP contribution in [0.25, 0.3) is 0 Å². The Bertz CT molecular complexity index is 369. The van der Waals surface area contributed by atoms with E-state index in [0.717, 1.165) is 12.8 Å². The standard InChI is InChI=1S/C12H18N2O3/c1-3-5-9(17-2)8-13-11-7-4-6-10(14-11)12(15)16/h4,6-7,9H,3,5,8H2,1-2H3,(H,13,14)(H,15,16). The smallest absolute Gasteiger partial charge is 0.354 e. The number of carboxylic acid groups (broad SMARTS) is 1. The molecule has 1 aromatic heterocycles. The highest BCUT2D eigenvalue weighted by Gasteiger charge is 2.08. The molecule has 0 aliphatic rings. The van der Waals surface area contributed by atoms with E-state index in [0.29, 0.717) is 12.4 Å². The van der Waals surface area contributed by atoms with Gasteiger partial charge < -0.3 is 15.2 Å². The van der Waals surface area contributed by atoms with E-state index in [4.69, 9.17) is 9.84 Å². The summed E-state index contributed by atoms with van der Waals surface area (Å²) < 4.78 is 5.28. The molecule has 94 valence electrons. The van der Waals surface area contributed by atoms with Crippen molar-refractivity contribution in [2.45, 2.75) is 25.9 Å². The van der Waals surface area contributed by atoms with Gasteiger partial charge in [-0.1, -0.05) is 19.4 Å². The van der Waals surface area contributed by atoms with Gasteiger partial charge in [-0.15, -0.1) is 0 Å². The Morgan fingerprint density at radius 3 is 2.94 bits per heavy atom. The monoisotopic (exact) mass is 238 g/mol. The second-order valence-corrected chi connectivity index (χ2v) is 3.74. The van der Waals surface area contributed by atoms with Gasteiger partial charge in [0, 0.05) is 13.7 Å². The summed E-state index contributed by atoms with van der Waals surface area (Å²) in [5.74, 6) is -0.464. The van der Waals surface area contributed by atoms with Crippen LogP contribution >= 0.6 is 0 Å². The maximum absolute atomic E-state index is 10.7. The average molecular weight is 238 g/mol. The topological polar surface area (TPSA) is 71.5 Å². The molecule has 0 aliphatic carbocycles. The van der Waals surface area contributed by atoms with Crippen molar-refractivity contribution >= 4 is 11.8 Å². The summed E-state index contributed by atoms with van der Waals surface area (Å²) >= 11 is 0. The number of rotatable bonds is 7. The van der Waals surface area contributed by atoms with E-state index in [1.165, 1.54) is 6.07 Å². The van der Waals surface area contributed by atoms with Gasteiger partial charge in [0.05, 0.1) is 6.10 Å². The first-order chi connectivity index (χ1) is 8.17. The molecular weight excluding hydrogens is 220 g/mol. The second kappa shape index (κ2) is 6.85. The van der Waals surface area contributed by atoms with Gasteiger partial charge in [-0.05, 0) is 18.6 Å². The zero-order valence-electron chi connectivity index (χ0n) is 10.1. The van der Waals surface area contributed by atoms with Crippen LogP contribution in [0.15, 0.2) is 18.2 Å². The van der Waals surface area contributed by atoms with E-state index in [1.807, 2.05) is 0 Å². The number of ether oxygens (including phenoxy) is 1. The van der Waals surface area contributed by atoms with Crippen molar-refractivity contribution in [2.24, 2.45) is 0 Å². The SMILES string of the molecule is CCCC(CNc1cccc(C(=O)O)n1)OC. The number of hydrogen-bond donors (Lipinski definition) is 2. The highest BCUT2D eigenvalue weighted by Crippen LogP contribution is 2.07. The molecule has 0 amide bonds. The zero-order chi connectivity index (χ0) is 12.7. The quantitative estimate of drug-likeness (QED) is 0.760. The molecule has 1 rings (SSSR count). The zero-order valence-corrected chi connectivity index (χ0v) is 10.1. The summed E-state index contributed by atoms with van der Waals surface area (Å²) in [4.78, 5) is 14.7. The molecular formula is C12H18N2O3. The minimum absolute atomic E-state index is 0.0412. The number of anilines is 1. The van der Waals surface area contributed by atoms with Crippen molar-refractivity contribution in [1.29, 1.82) is 0 Å². The van der Waals surface area contributed by atoms with Crippen molar-refractivity contribution in [3.05, 3.63) is 23.9 Å². The fourth-order valence-corrected chi connectivity index (χ4v) is 1.50. The van der Waals surface area contributed by atoms with Gasteiger partial charge in [-0.2, -0.15) is 0 Å². The third-order valence-corrected chi connectivity index (χ3v) is 2.42. The van der Waals surface area contributed by atoms with Gasteiger partial charge in [0.15, 0.2) is 5.69 Å². The first-order valence-electron chi connectivity index (χ1n) is 5.64. The summed E-state index contributed by atoms with van der Waals surface area (Å²) in [7, 11) is 1.67. The van der Waals surface area contributed by atoms with E-state index in [9.17, 15) is 4.79 Å². The summed E-state index contributed by atoms with van der Waals surface area (Å²) in [6, 6.07) is 4.87. The van der Waals surface area contributed by atoms with E-state index < -0.39 is 5.97 Å². The lowest BCUT2D eigenvalue weighted by molar-refractivity contribution is 0.0690. The number of aromatic nitrogens is 1. The van der Waals surface area contributed by atoms with E-state index >= 15 is 0 Å². The summed E-state index contributed by atoms with van der Waals surface area (Å²) in [5.41, 5.74) is 0.0412. The van der Waals surface area contributed by atoms with E-state index in [-0.39, 0.29) is 11.8 Å². The van der Waals surface area contributed by atoms with Crippen molar-refractivity contribution in [3.63, 3.8) is 0 Å². The number of carboxylic acids is 1. The number of carbonyl (C=O) groups is 1. The summed E-state index contributed by atoms with van der Waals surface area (Å²) in [6.07, 6.45) is 2.13. The number of nitrogens with one attached hydrogen (secondary N) is 1. The van der Waals surface area contributed by atoms with Crippen LogP contribution in [0.5, 0.6) is 0 Å². The molecule has 1 heterocycles. The van der Waals surface area contributed by atoms with Crippen LogP contribution in [0.4, 0.5) is 5.82 Å². The average Bonchev–Trinajstić information content (AvgIpc) is 2.34. The number of pyridine rings is 1. The molecule has 5 nitrogen and oxygen atoms in total.